The van der Waals surface area contributed by atoms with Gasteiger partial charge in [-0.25, -0.2) is 4.90 Å². The number of carbonyl (C=O) groups excluding carboxylic acids is 3. The maximum Gasteiger partial charge on any atom is 0.417 e. The van der Waals surface area contributed by atoms with E-state index in [1.807, 2.05) is 4.90 Å². The van der Waals surface area contributed by atoms with E-state index in [2.05, 4.69) is 9.88 Å². The molecule has 0 atom stereocenters. The molecule has 2 aromatic rings. The van der Waals surface area contributed by atoms with Gasteiger partial charge in [-0.15, -0.1) is 0 Å². The molecule has 1 aromatic heterocycles. The fourth-order valence-corrected chi connectivity index (χ4v) is 4.71. The summed E-state index contributed by atoms with van der Waals surface area (Å²) in [7, 11) is 0. The Labute approximate surface area is 217 Å². The second-order valence-corrected chi connectivity index (χ2v) is 9.22. The highest BCUT2D eigenvalue weighted by molar-refractivity contribution is 6.32. The molecule has 2 aliphatic rings. The van der Waals surface area contributed by atoms with E-state index >= 15 is 0 Å². The number of imide groups is 1. The number of halogens is 3. The van der Waals surface area contributed by atoms with Crippen LogP contribution in [0.3, 0.4) is 0 Å². The number of alkyl halides is 3. The highest BCUT2D eigenvalue weighted by Gasteiger charge is 2.39. The van der Waals surface area contributed by atoms with Crippen molar-refractivity contribution in [1.29, 1.82) is 5.26 Å². The predicted molar refractivity (Wildman–Crippen MR) is 132 cm³/mol. The summed E-state index contributed by atoms with van der Waals surface area (Å²) in [6.45, 7) is 4.94. The SMILES string of the molecule is CC1=C(CCCCN2CCN(C(=O)c3ccncc3)CC2)C(=O)N(c2ccc(C#N)c(C(F)(F)F)c2)C1=O. The van der Waals surface area contributed by atoms with Gasteiger partial charge in [-0.3, -0.25) is 24.3 Å². The predicted octanol–water partition coefficient (Wildman–Crippen LogP) is 3.79. The second-order valence-electron chi connectivity index (χ2n) is 9.22. The number of rotatable bonds is 7. The molecular weight excluding hydrogens is 499 g/mol. The van der Waals surface area contributed by atoms with Gasteiger partial charge < -0.3 is 4.90 Å². The van der Waals surface area contributed by atoms with Crippen LogP contribution in [0.2, 0.25) is 0 Å². The van der Waals surface area contributed by atoms with Crippen LogP contribution in [0.4, 0.5) is 18.9 Å². The summed E-state index contributed by atoms with van der Waals surface area (Å²) >= 11 is 0. The average Bonchev–Trinajstić information content (AvgIpc) is 3.13. The summed E-state index contributed by atoms with van der Waals surface area (Å²) in [6.07, 6.45) is 0.0909. The lowest BCUT2D eigenvalue weighted by Crippen LogP contribution is -2.48. The first-order chi connectivity index (χ1) is 18.1. The lowest BCUT2D eigenvalue weighted by atomic mass is 10.0. The molecule has 0 aliphatic carbocycles. The Morgan fingerprint density at radius 1 is 1.03 bits per heavy atom. The smallest absolute Gasteiger partial charge is 0.336 e. The van der Waals surface area contributed by atoms with E-state index in [0.29, 0.717) is 43.1 Å². The molecule has 0 unspecified atom stereocenters. The molecule has 38 heavy (non-hydrogen) atoms. The first kappa shape index (κ1) is 27.0. The Morgan fingerprint density at radius 2 is 1.71 bits per heavy atom. The van der Waals surface area contributed by atoms with Crippen LogP contribution in [0, 0.1) is 11.3 Å². The Hall–Kier alpha value is -4.04. The number of aromatic nitrogens is 1. The number of amides is 3. The third kappa shape index (κ3) is 5.60. The van der Waals surface area contributed by atoms with Gasteiger partial charge in [-0.2, -0.15) is 18.4 Å². The summed E-state index contributed by atoms with van der Waals surface area (Å²) in [5.74, 6) is -1.31. The maximum atomic E-state index is 13.4. The zero-order chi connectivity index (χ0) is 27.4. The van der Waals surface area contributed by atoms with Gasteiger partial charge in [0.05, 0.1) is 22.9 Å². The van der Waals surface area contributed by atoms with Gasteiger partial charge in [0.15, 0.2) is 0 Å². The summed E-state index contributed by atoms with van der Waals surface area (Å²) in [4.78, 5) is 47.1. The van der Waals surface area contributed by atoms with Crippen LogP contribution in [0.5, 0.6) is 0 Å². The van der Waals surface area contributed by atoms with Crippen LogP contribution in [0.25, 0.3) is 0 Å². The van der Waals surface area contributed by atoms with E-state index < -0.39 is 29.1 Å². The molecule has 0 spiro atoms. The highest BCUT2D eigenvalue weighted by Crippen LogP contribution is 2.36. The van der Waals surface area contributed by atoms with Crippen molar-refractivity contribution in [1.82, 2.24) is 14.8 Å². The van der Waals surface area contributed by atoms with Crippen molar-refractivity contribution in [2.24, 2.45) is 0 Å². The zero-order valence-electron chi connectivity index (χ0n) is 20.8. The zero-order valence-corrected chi connectivity index (χ0v) is 20.8. The topological polar surface area (TPSA) is 97.6 Å². The Kier molecular flexibility index (Phi) is 7.92. The fourth-order valence-electron chi connectivity index (χ4n) is 4.71. The molecule has 0 bridgehead atoms. The third-order valence-corrected chi connectivity index (χ3v) is 6.86. The summed E-state index contributed by atoms with van der Waals surface area (Å²) in [6, 6.07) is 7.70. The monoisotopic (exact) mass is 525 g/mol. The molecule has 1 saturated heterocycles. The Bertz CT molecular complexity index is 1310. The molecular formula is C27H26F3N5O3. The number of unbranched alkanes of at least 4 members (excludes halogenated alkanes) is 1. The number of hydrogen-bond acceptors (Lipinski definition) is 6. The largest absolute Gasteiger partial charge is 0.417 e. The van der Waals surface area contributed by atoms with E-state index in [1.54, 1.807) is 24.5 Å². The molecule has 0 radical (unpaired) electrons. The number of nitriles is 1. The Morgan fingerprint density at radius 3 is 2.34 bits per heavy atom. The van der Waals surface area contributed by atoms with Gasteiger partial charge in [-0.05, 0) is 63.1 Å². The van der Waals surface area contributed by atoms with Crippen LogP contribution < -0.4 is 4.90 Å². The molecule has 8 nitrogen and oxygen atoms in total. The highest BCUT2D eigenvalue weighted by atomic mass is 19.4. The first-order valence-electron chi connectivity index (χ1n) is 12.2. The molecule has 1 aromatic carbocycles. The van der Waals surface area contributed by atoms with E-state index in [0.717, 1.165) is 37.0 Å². The van der Waals surface area contributed by atoms with Crippen molar-refractivity contribution in [2.45, 2.75) is 32.4 Å². The average molecular weight is 526 g/mol. The van der Waals surface area contributed by atoms with Crippen LogP contribution >= 0.6 is 0 Å². The molecule has 2 aliphatic heterocycles. The van der Waals surface area contributed by atoms with Crippen LogP contribution in [0.1, 0.15) is 47.7 Å². The van der Waals surface area contributed by atoms with Crippen molar-refractivity contribution in [3.8, 4) is 6.07 Å². The molecule has 4 rings (SSSR count). The van der Waals surface area contributed by atoms with Crippen LogP contribution in [-0.4, -0.2) is 65.2 Å². The van der Waals surface area contributed by atoms with E-state index in [4.69, 9.17) is 5.26 Å². The summed E-state index contributed by atoms with van der Waals surface area (Å²) in [5.41, 5.74) is -0.853. The van der Waals surface area contributed by atoms with Gasteiger partial charge >= 0.3 is 6.18 Å². The first-order valence-corrected chi connectivity index (χ1v) is 12.2. The maximum absolute atomic E-state index is 13.4. The minimum Gasteiger partial charge on any atom is -0.336 e. The standard InChI is InChI=1S/C27H26F3N5O3/c1-18-22(26(38)35(24(18)36)21-6-5-20(17-31)23(16-21)27(28,29)30)4-2-3-11-33-12-14-34(15-13-33)25(37)19-7-9-32-10-8-19/h5-10,16H,2-4,11-15H2,1H3. The van der Waals surface area contributed by atoms with Crippen molar-refractivity contribution in [3.05, 3.63) is 70.6 Å². The van der Waals surface area contributed by atoms with Gasteiger partial charge in [0.25, 0.3) is 17.7 Å². The van der Waals surface area contributed by atoms with Gasteiger partial charge in [0, 0.05) is 55.3 Å². The normalized spacial score (nSPS) is 16.8. The molecule has 0 N–H and O–H groups in total. The third-order valence-electron chi connectivity index (χ3n) is 6.86. The lowest BCUT2D eigenvalue weighted by molar-refractivity contribution is -0.138. The summed E-state index contributed by atoms with van der Waals surface area (Å²) < 4.78 is 40.1. The number of pyridine rings is 1. The number of anilines is 1. The molecule has 3 amide bonds. The van der Waals surface area contributed by atoms with E-state index in [-0.39, 0.29) is 17.2 Å². The quantitative estimate of drug-likeness (QED) is 0.403. The van der Waals surface area contributed by atoms with Crippen LogP contribution in [0.15, 0.2) is 53.9 Å². The lowest BCUT2D eigenvalue weighted by Gasteiger charge is -2.34. The van der Waals surface area contributed by atoms with Crippen molar-refractivity contribution in [2.75, 3.05) is 37.6 Å². The van der Waals surface area contributed by atoms with Crippen molar-refractivity contribution in [3.63, 3.8) is 0 Å². The Balaban J connectivity index is 1.29. The van der Waals surface area contributed by atoms with Crippen molar-refractivity contribution >= 4 is 23.4 Å². The van der Waals surface area contributed by atoms with Crippen molar-refractivity contribution < 1.29 is 27.6 Å². The number of piperazine rings is 1. The molecule has 3 heterocycles. The molecule has 11 heteroatoms. The van der Waals surface area contributed by atoms with E-state index in [9.17, 15) is 27.6 Å². The minimum atomic E-state index is -4.80. The summed E-state index contributed by atoms with van der Waals surface area (Å²) in [5, 5.41) is 9.00. The van der Waals surface area contributed by atoms with Crippen LogP contribution in [-0.2, 0) is 15.8 Å². The number of benzene rings is 1. The number of nitrogens with zero attached hydrogens (tertiary/aromatic N) is 5. The minimum absolute atomic E-state index is 0.0203. The molecule has 198 valence electrons. The molecule has 1 fully saturated rings. The number of carbonyl (C=O) groups is 3. The van der Waals surface area contributed by atoms with Gasteiger partial charge in [0.1, 0.15) is 0 Å². The second kappa shape index (κ2) is 11.1. The fraction of sp³-hybridized carbons (Fsp3) is 0.370. The van der Waals surface area contributed by atoms with E-state index in [1.165, 1.54) is 19.1 Å². The van der Waals surface area contributed by atoms with Gasteiger partial charge in [-0.1, -0.05) is 0 Å². The molecule has 0 saturated carbocycles. The number of hydrogen-bond donors (Lipinski definition) is 0. The van der Waals surface area contributed by atoms with Gasteiger partial charge in [0.2, 0.25) is 0 Å².